The lowest BCUT2D eigenvalue weighted by atomic mass is 10.2. The van der Waals surface area contributed by atoms with Gasteiger partial charge >= 0.3 is 0 Å². The highest BCUT2D eigenvalue weighted by atomic mass is 35.5. The van der Waals surface area contributed by atoms with Crippen molar-refractivity contribution in [2.24, 2.45) is 0 Å². The smallest absolute Gasteiger partial charge is 0.260 e. The third kappa shape index (κ3) is 2.77. The van der Waals surface area contributed by atoms with E-state index >= 15 is 0 Å². The molecule has 0 bridgehead atoms. The van der Waals surface area contributed by atoms with E-state index in [9.17, 15) is 13.6 Å². The third-order valence-corrected chi connectivity index (χ3v) is 4.50. The van der Waals surface area contributed by atoms with Gasteiger partial charge < -0.3 is 0 Å². The number of halogens is 4. The molecule has 2 aromatic carbocycles. The van der Waals surface area contributed by atoms with E-state index in [1.165, 1.54) is 12.1 Å². The molecule has 0 saturated carbocycles. The molecule has 0 aliphatic heterocycles. The van der Waals surface area contributed by atoms with Gasteiger partial charge in [-0.2, -0.15) is 0 Å². The first-order valence-electron chi connectivity index (χ1n) is 5.96. The van der Waals surface area contributed by atoms with Gasteiger partial charge in [-0.3, -0.25) is 10.1 Å². The molecule has 3 rings (SSSR count). The Kier molecular flexibility index (Phi) is 3.99. The van der Waals surface area contributed by atoms with Crippen LogP contribution < -0.4 is 5.32 Å². The summed E-state index contributed by atoms with van der Waals surface area (Å²) in [6, 6.07) is 6.57. The zero-order chi connectivity index (χ0) is 15.9. The van der Waals surface area contributed by atoms with Crippen LogP contribution in [-0.4, -0.2) is 10.9 Å². The number of thiazole rings is 1. The topological polar surface area (TPSA) is 42.0 Å². The molecule has 0 atom stereocenters. The van der Waals surface area contributed by atoms with E-state index in [4.69, 9.17) is 23.2 Å². The number of rotatable bonds is 2. The predicted molar refractivity (Wildman–Crippen MR) is 84.0 cm³/mol. The Morgan fingerprint density at radius 3 is 2.68 bits per heavy atom. The fraction of sp³-hybridized carbons (Fsp3) is 0. The number of benzene rings is 2. The molecule has 3 aromatic rings. The van der Waals surface area contributed by atoms with Crippen molar-refractivity contribution in [1.29, 1.82) is 0 Å². The summed E-state index contributed by atoms with van der Waals surface area (Å²) in [7, 11) is 0. The maximum Gasteiger partial charge on any atom is 0.260 e. The summed E-state index contributed by atoms with van der Waals surface area (Å²) in [4.78, 5) is 16.2. The molecule has 0 fully saturated rings. The van der Waals surface area contributed by atoms with Crippen molar-refractivity contribution < 1.29 is 13.6 Å². The highest BCUT2D eigenvalue weighted by Gasteiger charge is 2.17. The van der Waals surface area contributed by atoms with E-state index in [-0.39, 0.29) is 5.13 Å². The van der Waals surface area contributed by atoms with Gasteiger partial charge in [-0.25, -0.2) is 13.8 Å². The Hall–Kier alpha value is -1.76. The monoisotopic (exact) mass is 358 g/mol. The van der Waals surface area contributed by atoms with Crippen LogP contribution in [0.3, 0.4) is 0 Å². The molecule has 1 aromatic heterocycles. The molecule has 0 unspecified atom stereocenters. The molecule has 1 heterocycles. The standard InChI is InChI=1S/C14H6Cl2F2N2OS/c15-7-4-10-11(5-8(7)16)22-14(19-10)20-13(21)6-2-1-3-9(17)12(6)18/h1-5H,(H,19,20,21). The van der Waals surface area contributed by atoms with Gasteiger partial charge in [-0.15, -0.1) is 0 Å². The van der Waals surface area contributed by atoms with E-state index in [0.29, 0.717) is 20.3 Å². The van der Waals surface area contributed by atoms with Crippen LogP contribution in [0.5, 0.6) is 0 Å². The van der Waals surface area contributed by atoms with Crippen molar-refractivity contribution in [2.75, 3.05) is 5.32 Å². The minimum absolute atomic E-state index is 0.238. The normalized spacial score (nSPS) is 10.9. The first-order valence-corrected chi connectivity index (χ1v) is 7.54. The molecule has 112 valence electrons. The second kappa shape index (κ2) is 5.79. The number of aromatic nitrogens is 1. The van der Waals surface area contributed by atoms with Crippen LogP contribution in [0.2, 0.25) is 10.0 Å². The molecule has 8 heteroatoms. The van der Waals surface area contributed by atoms with Gasteiger partial charge in [0.25, 0.3) is 5.91 Å². The third-order valence-electron chi connectivity index (χ3n) is 2.85. The van der Waals surface area contributed by atoms with Gasteiger partial charge in [0, 0.05) is 0 Å². The molecule has 1 amide bonds. The van der Waals surface area contributed by atoms with Crippen LogP contribution in [-0.2, 0) is 0 Å². The number of anilines is 1. The van der Waals surface area contributed by atoms with Gasteiger partial charge in [0.15, 0.2) is 16.8 Å². The molecule has 1 N–H and O–H groups in total. The molecular formula is C14H6Cl2F2N2OS. The summed E-state index contributed by atoms with van der Waals surface area (Å²) in [6.45, 7) is 0. The SMILES string of the molecule is O=C(Nc1nc2cc(Cl)c(Cl)cc2s1)c1cccc(F)c1F. The number of carbonyl (C=O) groups is 1. The van der Waals surface area contributed by atoms with Crippen LogP contribution in [0.4, 0.5) is 13.9 Å². The first kappa shape index (κ1) is 15.1. The molecule has 0 radical (unpaired) electrons. The number of carbonyl (C=O) groups excluding carboxylic acids is 1. The largest absolute Gasteiger partial charge is 0.298 e. The van der Waals surface area contributed by atoms with Crippen molar-refractivity contribution >= 4 is 55.8 Å². The summed E-state index contributed by atoms with van der Waals surface area (Å²) in [6.07, 6.45) is 0. The summed E-state index contributed by atoms with van der Waals surface area (Å²) >= 11 is 12.9. The van der Waals surface area contributed by atoms with Gasteiger partial charge in [0.05, 0.1) is 25.8 Å². The van der Waals surface area contributed by atoms with Crippen molar-refractivity contribution in [2.45, 2.75) is 0 Å². The van der Waals surface area contributed by atoms with Crippen molar-refractivity contribution in [1.82, 2.24) is 4.98 Å². The summed E-state index contributed by atoms with van der Waals surface area (Å²) in [5, 5.41) is 3.38. The summed E-state index contributed by atoms with van der Waals surface area (Å²) in [5.74, 6) is -3.07. The quantitative estimate of drug-likeness (QED) is 0.689. The van der Waals surface area contributed by atoms with E-state index in [0.717, 1.165) is 17.4 Å². The maximum absolute atomic E-state index is 13.6. The van der Waals surface area contributed by atoms with Gasteiger partial charge in [-0.1, -0.05) is 40.6 Å². The second-order valence-electron chi connectivity index (χ2n) is 4.31. The summed E-state index contributed by atoms with van der Waals surface area (Å²) in [5.41, 5.74) is 0.157. The maximum atomic E-state index is 13.6. The highest BCUT2D eigenvalue weighted by molar-refractivity contribution is 7.22. The summed E-state index contributed by atoms with van der Waals surface area (Å²) < 4.78 is 27.4. The molecule has 0 saturated heterocycles. The van der Waals surface area contributed by atoms with Gasteiger partial charge in [-0.05, 0) is 24.3 Å². The van der Waals surface area contributed by atoms with E-state index in [1.807, 2.05) is 0 Å². The number of amides is 1. The number of nitrogens with zero attached hydrogens (tertiary/aromatic N) is 1. The first-order chi connectivity index (χ1) is 10.5. The molecule has 0 aliphatic rings. The Bertz CT molecular complexity index is 859. The Morgan fingerprint density at radius 2 is 1.91 bits per heavy atom. The Labute approximate surface area is 137 Å². The van der Waals surface area contributed by atoms with E-state index in [2.05, 4.69) is 10.3 Å². The molecule has 3 nitrogen and oxygen atoms in total. The van der Waals surface area contributed by atoms with E-state index in [1.54, 1.807) is 12.1 Å². The van der Waals surface area contributed by atoms with Crippen LogP contribution in [0, 0.1) is 11.6 Å². The van der Waals surface area contributed by atoms with Gasteiger partial charge in [0.1, 0.15) is 0 Å². The number of fused-ring (bicyclic) bond motifs is 1. The lowest BCUT2D eigenvalue weighted by molar-refractivity contribution is 0.102. The zero-order valence-corrected chi connectivity index (χ0v) is 13.0. The molecule has 0 aliphatic carbocycles. The van der Waals surface area contributed by atoms with Crippen LogP contribution >= 0.6 is 34.5 Å². The van der Waals surface area contributed by atoms with Crippen molar-refractivity contribution in [3.63, 3.8) is 0 Å². The number of nitrogens with one attached hydrogen (secondary N) is 1. The zero-order valence-electron chi connectivity index (χ0n) is 10.7. The molecule has 0 spiro atoms. The Morgan fingerprint density at radius 1 is 1.18 bits per heavy atom. The fourth-order valence-electron chi connectivity index (χ4n) is 1.82. The lowest BCUT2D eigenvalue weighted by Crippen LogP contribution is -2.14. The second-order valence-corrected chi connectivity index (χ2v) is 6.15. The number of hydrogen-bond donors (Lipinski definition) is 1. The van der Waals surface area contributed by atoms with Crippen LogP contribution in [0.1, 0.15) is 10.4 Å². The predicted octanol–water partition coefficient (Wildman–Crippen LogP) is 5.13. The minimum atomic E-state index is -1.20. The van der Waals surface area contributed by atoms with Crippen molar-refractivity contribution in [3.8, 4) is 0 Å². The fourth-order valence-corrected chi connectivity index (χ4v) is 3.09. The van der Waals surface area contributed by atoms with Crippen LogP contribution in [0.25, 0.3) is 10.2 Å². The minimum Gasteiger partial charge on any atom is -0.298 e. The highest BCUT2D eigenvalue weighted by Crippen LogP contribution is 2.33. The van der Waals surface area contributed by atoms with Gasteiger partial charge in [0.2, 0.25) is 0 Å². The molecule has 22 heavy (non-hydrogen) atoms. The average Bonchev–Trinajstić information content (AvgIpc) is 2.83. The van der Waals surface area contributed by atoms with Crippen LogP contribution in [0.15, 0.2) is 30.3 Å². The average molecular weight is 359 g/mol. The van der Waals surface area contributed by atoms with E-state index < -0.39 is 23.1 Å². The number of hydrogen-bond acceptors (Lipinski definition) is 3. The molecular weight excluding hydrogens is 353 g/mol. The lowest BCUT2D eigenvalue weighted by Gasteiger charge is -2.03. The Balaban J connectivity index is 1.92. The van der Waals surface area contributed by atoms with Crippen molar-refractivity contribution in [3.05, 3.63) is 57.6 Å².